The van der Waals surface area contributed by atoms with Crippen LogP contribution in [0, 0.1) is 17.8 Å². The minimum Gasteiger partial charge on any atom is -0.459 e. The second-order valence-electron chi connectivity index (χ2n) is 17.0. The van der Waals surface area contributed by atoms with Gasteiger partial charge in [0.15, 0.2) is 0 Å². The van der Waals surface area contributed by atoms with Crippen molar-refractivity contribution in [2.24, 2.45) is 22.9 Å². The van der Waals surface area contributed by atoms with Crippen molar-refractivity contribution in [3.8, 4) is 11.5 Å². The molecule has 3 aliphatic rings. The Bertz CT molecular complexity index is 2240. The van der Waals surface area contributed by atoms with Gasteiger partial charge < -0.3 is 49.0 Å². The molecule has 0 spiro atoms. The number of aliphatic hydroxyl groups is 2. The van der Waals surface area contributed by atoms with Gasteiger partial charge in [-0.15, -0.1) is 6.58 Å². The lowest BCUT2D eigenvalue weighted by atomic mass is 9.55. The van der Waals surface area contributed by atoms with E-state index in [0.29, 0.717) is 43.2 Å². The van der Waals surface area contributed by atoms with Crippen molar-refractivity contribution < 1.29 is 48.3 Å². The maximum Gasteiger partial charge on any atom is 0.412 e. The molecule has 4 aromatic carbocycles. The molecule has 0 aromatic heterocycles. The van der Waals surface area contributed by atoms with Crippen LogP contribution < -0.4 is 14.8 Å². The fraction of sp³-hybridized carbons (Fsp3) is 0.415. The molecule has 1 fully saturated rings. The fourth-order valence-corrected chi connectivity index (χ4v) is 9.64. The average molecular weight is 902 g/mol. The number of ether oxygens (including phenoxy) is 5. The van der Waals surface area contributed by atoms with Gasteiger partial charge in [0.25, 0.3) is 0 Å². The van der Waals surface area contributed by atoms with Crippen molar-refractivity contribution in [3.05, 3.63) is 156 Å². The number of fused-ring (bicyclic) bond motifs is 2. The molecule has 0 radical (unpaired) electrons. The number of aliphatic hydroxyl groups excluding tert-OH is 2. The monoisotopic (exact) mass is 901 g/mol. The van der Waals surface area contributed by atoms with Gasteiger partial charge in [-0.3, -0.25) is 0 Å². The summed E-state index contributed by atoms with van der Waals surface area (Å²) >= 11 is 0. The Morgan fingerprint density at radius 2 is 1.53 bits per heavy atom. The summed E-state index contributed by atoms with van der Waals surface area (Å²) in [6, 6.07) is 33.8. The van der Waals surface area contributed by atoms with E-state index in [1.54, 1.807) is 25.3 Å². The molecule has 350 valence electrons. The first-order chi connectivity index (χ1) is 32.3. The predicted octanol–water partition coefficient (Wildman–Crippen LogP) is 9.09. The number of carbonyl (C=O) groups excluding carboxylic acids is 2. The molecule has 1 saturated carbocycles. The van der Waals surface area contributed by atoms with Crippen molar-refractivity contribution in [2.75, 3.05) is 40.1 Å². The van der Waals surface area contributed by atoms with Crippen LogP contribution in [0.2, 0.25) is 0 Å². The summed E-state index contributed by atoms with van der Waals surface area (Å²) in [5.74, 6) is -1.48. The predicted molar refractivity (Wildman–Crippen MR) is 251 cm³/mol. The van der Waals surface area contributed by atoms with Gasteiger partial charge in [0.2, 0.25) is 5.79 Å². The van der Waals surface area contributed by atoms with Gasteiger partial charge in [-0.25, -0.2) is 9.59 Å². The summed E-state index contributed by atoms with van der Waals surface area (Å²) in [5, 5.41) is 27.6. The molecule has 13 nitrogen and oxygen atoms in total. The van der Waals surface area contributed by atoms with E-state index in [4.69, 9.17) is 33.7 Å². The summed E-state index contributed by atoms with van der Waals surface area (Å²) in [5.41, 5.74) is 5.26. The number of allylic oxidation sites excluding steroid dienone is 1. The third-order valence-corrected chi connectivity index (χ3v) is 12.7. The molecule has 2 amide bonds. The number of amides is 2. The van der Waals surface area contributed by atoms with E-state index in [2.05, 4.69) is 18.0 Å². The highest BCUT2D eigenvalue weighted by Crippen LogP contribution is 2.61. The van der Waals surface area contributed by atoms with Crippen molar-refractivity contribution in [3.63, 3.8) is 0 Å². The molecule has 1 aliphatic heterocycles. The van der Waals surface area contributed by atoms with Crippen LogP contribution in [0.3, 0.4) is 0 Å². The minimum atomic E-state index is -1.48. The normalized spacial score (nSPS) is 22.2. The summed E-state index contributed by atoms with van der Waals surface area (Å²) in [6.07, 6.45) is 7.30. The van der Waals surface area contributed by atoms with Crippen LogP contribution in [-0.4, -0.2) is 84.9 Å². The second-order valence-corrected chi connectivity index (χ2v) is 17.0. The van der Waals surface area contributed by atoms with E-state index >= 15 is 0 Å². The van der Waals surface area contributed by atoms with Gasteiger partial charge in [0.05, 0.1) is 31.5 Å². The summed E-state index contributed by atoms with van der Waals surface area (Å²) in [7, 11) is 1.69. The highest BCUT2D eigenvalue weighted by Gasteiger charge is 2.65. The number of unbranched alkanes of at least 4 members (excludes halogenated alkanes) is 2. The SMILES string of the molecule is C=CCOC12Oc3ccc(OC(=O)NCc4ccccc4)cc3C3C(CCCCO)C(CCCCO)C=C(C(=NOCc4ccccc4)CC1N(C)C(=O)OCCOCc1ccccc1)C32. The third kappa shape index (κ3) is 11.9. The minimum absolute atomic E-state index is 0.0164. The van der Waals surface area contributed by atoms with E-state index in [1.807, 2.05) is 97.1 Å². The van der Waals surface area contributed by atoms with Crippen LogP contribution in [-0.2, 0) is 38.8 Å². The third-order valence-electron chi connectivity index (χ3n) is 12.7. The summed E-state index contributed by atoms with van der Waals surface area (Å²) in [6.45, 7) is 5.37. The van der Waals surface area contributed by atoms with Gasteiger partial charge in [-0.1, -0.05) is 121 Å². The lowest BCUT2D eigenvalue weighted by molar-refractivity contribution is -0.253. The van der Waals surface area contributed by atoms with Gasteiger partial charge in [-0.2, -0.15) is 0 Å². The molecule has 0 bridgehead atoms. The van der Waals surface area contributed by atoms with Crippen LogP contribution in [0.25, 0.3) is 0 Å². The van der Waals surface area contributed by atoms with Crippen LogP contribution in [0.4, 0.5) is 9.59 Å². The number of nitrogens with zero attached hydrogens (tertiary/aromatic N) is 2. The molecule has 0 saturated heterocycles. The largest absolute Gasteiger partial charge is 0.459 e. The molecule has 66 heavy (non-hydrogen) atoms. The quantitative estimate of drug-likeness (QED) is 0.0373. The van der Waals surface area contributed by atoms with Gasteiger partial charge in [-0.05, 0) is 78.0 Å². The van der Waals surface area contributed by atoms with Crippen molar-refractivity contribution in [1.82, 2.24) is 10.2 Å². The van der Waals surface area contributed by atoms with Crippen molar-refractivity contribution in [1.29, 1.82) is 0 Å². The topological polar surface area (TPSA) is 158 Å². The zero-order valence-corrected chi connectivity index (χ0v) is 37.8. The first kappa shape index (κ1) is 48.0. The summed E-state index contributed by atoms with van der Waals surface area (Å²) in [4.78, 5) is 35.2. The number of hydrogen-bond acceptors (Lipinski definition) is 11. The van der Waals surface area contributed by atoms with E-state index < -0.39 is 29.9 Å². The fourth-order valence-electron chi connectivity index (χ4n) is 9.64. The van der Waals surface area contributed by atoms with Crippen LogP contribution >= 0.6 is 0 Å². The average Bonchev–Trinajstić information content (AvgIpc) is 3.34. The maximum absolute atomic E-state index is 14.2. The number of hydrogen-bond donors (Lipinski definition) is 3. The Balaban J connectivity index is 1.29. The number of benzene rings is 4. The molecule has 1 heterocycles. The van der Waals surface area contributed by atoms with E-state index in [-0.39, 0.29) is 63.8 Å². The van der Waals surface area contributed by atoms with Gasteiger partial charge in [0, 0.05) is 44.7 Å². The van der Waals surface area contributed by atoms with Crippen LogP contribution in [0.15, 0.2) is 139 Å². The van der Waals surface area contributed by atoms with Gasteiger partial charge in [0.1, 0.15) is 30.8 Å². The molecule has 6 atom stereocenters. The van der Waals surface area contributed by atoms with Gasteiger partial charge >= 0.3 is 12.2 Å². The van der Waals surface area contributed by atoms with Crippen LogP contribution in [0.5, 0.6) is 11.5 Å². The van der Waals surface area contributed by atoms with E-state index in [0.717, 1.165) is 53.5 Å². The van der Waals surface area contributed by atoms with E-state index in [1.165, 1.54) is 4.90 Å². The Morgan fingerprint density at radius 1 is 0.864 bits per heavy atom. The van der Waals surface area contributed by atoms with E-state index in [9.17, 15) is 19.8 Å². The Labute approximate surface area is 388 Å². The second kappa shape index (κ2) is 24.0. The Kier molecular flexibility index (Phi) is 17.4. The number of rotatable bonds is 23. The zero-order valence-electron chi connectivity index (χ0n) is 37.8. The highest BCUT2D eigenvalue weighted by atomic mass is 16.7. The molecule has 2 aliphatic carbocycles. The number of oxime groups is 1. The number of likely N-dealkylation sites (N-methyl/N-ethyl adjacent to an activating group) is 1. The Hall–Kier alpha value is -5.99. The lowest BCUT2D eigenvalue weighted by Crippen LogP contribution is -2.69. The summed E-state index contributed by atoms with van der Waals surface area (Å²) < 4.78 is 31.8. The lowest BCUT2D eigenvalue weighted by Gasteiger charge is -2.59. The molecule has 4 aromatic rings. The zero-order chi connectivity index (χ0) is 46.1. The number of carbonyl (C=O) groups is 2. The van der Waals surface area contributed by atoms with Crippen molar-refractivity contribution in [2.45, 2.75) is 82.5 Å². The maximum atomic E-state index is 14.2. The molecule has 13 heteroatoms. The molecule has 7 rings (SSSR count). The molecule has 3 N–H and O–H groups in total. The first-order valence-electron chi connectivity index (χ1n) is 23.1. The Morgan fingerprint density at radius 3 is 2.21 bits per heavy atom. The van der Waals surface area contributed by atoms with Crippen molar-refractivity contribution >= 4 is 17.9 Å². The van der Waals surface area contributed by atoms with Crippen LogP contribution in [0.1, 0.15) is 73.1 Å². The molecular formula is C53H63N3O10. The highest BCUT2D eigenvalue weighted by molar-refractivity contribution is 6.03. The molecule has 6 unspecified atom stereocenters. The standard InChI is InChI=1S/C53H63N3O10/c1-3-29-63-53-48(56(2)52(60)62-31-30-61-36-39-19-9-5-10-20-39)34-46(55-64-37-40-21-11-6-12-22-40)44-32-41(23-13-15-27-57)43(24-14-16-28-58)49(50(44)53)45-33-42(25-26-47(45)66-53)65-51(59)54-35-38-17-7-4-8-18-38/h3-12,17-22,25-26,32-33,41,43,48-50,57-58H,1,13-16,23-24,27-31,34-37H2,2H3,(H,54,59). The number of nitrogens with one attached hydrogen (secondary N) is 1. The smallest absolute Gasteiger partial charge is 0.412 e. The molecular weight excluding hydrogens is 839 g/mol. The first-order valence-corrected chi connectivity index (χ1v) is 23.1.